The van der Waals surface area contributed by atoms with Gasteiger partial charge < -0.3 is 26.4 Å². The molecule has 6 N–H and O–H groups in total. The van der Waals surface area contributed by atoms with E-state index in [1.807, 2.05) is 12.2 Å². The molecule has 2 aliphatic rings. The van der Waals surface area contributed by atoms with Crippen LogP contribution < -0.4 is 21.7 Å². The summed E-state index contributed by atoms with van der Waals surface area (Å²) in [5.74, 6) is -0.877. The molecule has 1 aliphatic carbocycles. The predicted molar refractivity (Wildman–Crippen MR) is 160 cm³/mol. The second-order valence-electron chi connectivity index (χ2n) is 10.7. The van der Waals surface area contributed by atoms with E-state index in [-0.39, 0.29) is 47.5 Å². The van der Waals surface area contributed by atoms with Gasteiger partial charge in [0.15, 0.2) is 0 Å². The molecule has 1 aliphatic heterocycles. The van der Waals surface area contributed by atoms with Crippen LogP contribution in [0.4, 0.5) is 30.5 Å². The quantitative estimate of drug-likeness (QED) is 0.261. The van der Waals surface area contributed by atoms with Crippen molar-refractivity contribution in [3.05, 3.63) is 82.7 Å². The Labute approximate surface area is 251 Å². The van der Waals surface area contributed by atoms with Crippen molar-refractivity contribution in [1.82, 2.24) is 15.3 Å². The van der Waals surface area contributed by atoms with Gasteiger partial charge in [0.25, 0.3) is 5.91 Å². The molecule has 230 valence electrons. The third-order valence-electron chi connectivity index (χ3n) is 7.50. The number of nitrogens with zero attached hydrogens (tertiary/aromatic N) is 2. The number of pyridine rings is 2. The molecule has 0 spiro atoms. The van der Waals surface area contributed by atoms with Crippen LogP contribution in [0.25, 0.3) is 6.08 Å². The summed E-state index contributed by atoms with van der Waals surface area (Å²) in [6.07, 6.45) is 5.73. The second-order valence-corrected chi connectivity index (χ2v) is 10.7. The lowest BCUT2D eigenvalue weighted by Gasteiger charge is -2.32. The third-order valence-corrected chi connectivity index (χ3v) is 7.50. The molecule has 2 aromatic heterocycles. The SMILES string of the molecule is N=C(c1ccc(C(=O)Nc2cc(C(F)(F)F)ccn2)cc1)c1c(N)ncc2c1N[C@@H]1CCCC(C1)NC(=O)COCC/C=C/2. The minimum absolute atomic E-state index is 0.00815. The number of aromatic nitrogens is 2. The van der Waals surface area contributed by atoms with E-state index in [0.29, 0.717) is 36.3 Å². The fraction of sp³-hybridized carbons (Fsp3) is 0.323. The first kappa shape index (κ1) is 30.7. The van der Waals surface area contributed by atoms with E-state index >= 15 is 0 Å². The highest BCUT2D eigenvalue weighted by Crippen LogP contribution is 2.33. The molecule has 2 amide bonds. The van der Waals surface area contributed by atoms with Crippen molar-refractivity contribution >= 4 is 40.9 Å². The summed E-state index contributed by atoms with van der Waals surface area (Å²) in [4.78, 5) is 33.2. The van der Waals surface area contributed by atoms with Crippen LogP contribution in [0.3, 0.4) is 0 Å². The standard InChI is InChI=1S/C31H32F3N7O3/c32-31(33,34)21-11-12-37-24(14-21)41-30(43)19-9-7-18(8-10-19)27(35)26-28-20(16-38-29(26)36)4-1-2-13-44-17-25(42)39-22-5-3-6-23(15-22)40-28/h1,4,7-12,14,16,22-23,35,40H,2-3,5-6,13,15,17H2,(H2,36,38)(H,39,42)(H,37,41,43)/b4-1+,35-27?/t22?,23-/m1/s1. The number of amides is 2. The molecule has 1 saturated carbocycles. The summed E-state index contributed by atoms with van der Waals surface area (Å²) in [7, 11) is 0. The summed E-state index contributed by atoms with van der Waals surface area (Å²) < 4.78 is 44.6. The highest BCUT2D eigenvalue weighted by atomic mass is 19.4. The van der Waals surface area contributed by atoms with Crippen molar-refractivity contribution in [2.75, 3.05) is 29.6 Å². The van der Waals surface area contributed by atoms with E-state index in [4.69, 9.17) is 15.9 Å². The molecule has 10 nitrogen and oxygen atoms in total. The molecule has 1 aromatic carbocycles. The molecule has 3 aromatic rings. The van der Waals surface area contributed by atoms with Gasteiger partial charge in [-0.15, -0.1) is 0 Å². The van der Waals surface area contributed by atoms with Crippen LogP contribution in [-0.4, -0.2) is 52.8 Å². The minimum Gasteiger partial charge on any atom is -0.383 e. The summed E-state index contributed by atoms with van der Waals surface area (Å²) in [5.41, 5.74) is 7.90. The van der Waals surface area contributed by atoms with Gasteiger partial charge in [0.1, 0.15) is 18.2 Å². The molecule has 0 saturated heterocycles. The Bertz CT molecular complexity index is 1570. The first-order valence-corrected chi connectivity index (χ1v) is 14.2. The van der Waals surface area contributed by atoms with Crippen LogP contribution in [0.2, 0.25) is 0 Å². The van der Waals surface area contributed by atoms with Gasteiger partial charge in [-0.2, -0.15) is 13.2 Å². The number of benzene rings is 1. The topological polar surface area (TPSA) is 155 Å². The van der Waals surface area contributed by atoms with Gasteiger partial charge in [-0.05, 0) is 56.4 Å². The first-order chi connectivity index (χ1) is 21.1. The molecular formula is C31H32F3N7O3. The fourth-order valence-corrected chi connectivity index (χ4v) is 5.32. The molecule has 5 rings (SSSR count). The molecule has 1 unspecified atom stereocenters. The number of carbonyl (C=O) groups excluding carboxylic acids is 2. The minimum atomic E-state index is -4.57. The molecule has 3 heterocycles. The lowest BCUT2D eigenvalue weighted by atomic mass is 9.89. The molecule has 2 bridgehead atoms. The molecular weight excluding hydrogens is 575 g/mol. The maximum absolute atomic E-state index is 13.0. The van der Waals surface area contributed by atoms with E-state index in [1.54, 1.807) is 18.3 Å². The summed E-state index contributed by atoms with van der Waals surface area (Å²) in [5, 5.41) is 18.1. The second kappa shape index (κ2) is 13.2. The number of halogens is 3. The van der Waals surface area contributed by atoms with Gasteiger partial charge >= 0.3 is 6.18 Å². The van der Waals surface area contributed by atoms with Crippen LogP contribution in [0.5, 0.6) is 0 Å². The van der Waals surface area contributed by atoms with E-state index in [9.17, 15) is 22.8 Å². The number of hydrogen-bond donors (Lipinski definition) is 5. The van der Waals surface area contributed by atoms with Gasteiger partial charge in [-0.3, -0.25) is 15.0 Å². The first-order valence-electron chi connectivity index (χ1n) is 14.2. The smallest absolute Gasteiger partial charge is 0.383 e. The molecule has 1 fully saturated rings. The number of carbonyl (C=O) groups is 2. The highest BCUT2D eigenvalue weighted by Gasteiger charge is 2.31. The van der Waals surface area contributed by atoms with Crippen molar-refractivity contribution < 1.29 is 27.5 Å². The van der Waals surface area contributed by atoms with Crippen LogP contribution in [0.15, 0.2) is 54.9 Å². The monoisotopic (exact) mass is 607 g/mol. The normalized spacial score (nSPS) is 19.8. The Hall–Kier alpha value is -4.78. The Morgan fingerprint density at radius 2 is 1.80 bits per heavy atom. The molecule has 44 heavy (non-hydrogen) atoms. The van der Waals surface area contributed by atoms with Crippen molar-refractivity contribution in [2.24, 2.45) is 0 Å². The van der Waals surface area contributed by atoms with E-state index < -0.39 is 17.6 Å². The van der Waals surface area contributed by atoms with Crippen molar-refractivity contribution in [3.63, 3.8) is 0 Å². The van der Waals surface area contributed by atoms with Gasteiger partial charge in [-0.25, -0.2) is 9.97 Å². The number of anilines is 3. The zero-order valence-corrected chi connectivity index (χ0v) is 23.7. The lowest BCUT2D eigenvalue weighted by molar-refractivity contribution is -0.137. The Balaban J connectivity index is 1.40. The average molecular weight is 608 g/mol. The largest absolute Gasteiger partial charge is 0.416 e. The van der Waals surface area contributed by atoms with Gasteiger partial charge in [-0.1, -0.05) is 24.3 Å². The molecule has 13 heteroatoms. The predicted octanol–water partition coefficient (Wildman–Crippen LogP) is 5.02. The zero-order chi connectivity index (χ0) is 31.3. The van der Waals surface area contributed by atoms with Gasteiger partial charge in [0, 0.05) is 41.2 Å². The van der Waals surface area contributed by atoms with Crippen LogP contribution >= 0.6 is 0 Å². The Morgan fingerprint density at radius 3 is 2.55 bits per heavy atom. The van der Waals surface area contributed by atoms with E-state index in [2.05, 4.69) is 25.9 Å². The number of hydrogen-bond acceptors (Lipinski definition) is 8. The van der Waals surface area contributed by atoms with Gasteiger partial charge in [0.05, 0.1) is 29.1 Å². The summed E-state index contributed by atoms with van der Waals surface area (Å²) in [6.45, 7) is 0.385. The number of alkyl halides is 3. The summed E-state index contributed by atoms with van der Waals surface area (Å²) >= 11 is 0. The van der Waals surface area contributed by atoms with Crippen molar-refractivity contribution in [3.8, 4) is 0 Å². The number of ether oxygens (including phenoxy) is 1. The number of nitrogens with two attached hydrogens (primary N) is 1. The number of fused-ring (bicyclic) bond motifs is 3. The van der Waals surface area contributed by atoms with E-state index in [0.717, 1.165) is 43.2 Å². The zero-order valence-electron chi connectivity index (χ0n) is 23.7. The average Bonchev–Trinajstić information content (AvgIpc) is 2.99. The van der Waals surface area contributed by atoms with Crippen LogP contribution in [-0.2, 0) is 15.7 Å². The van der Waals surface area contributed by atoms with Crippen LogP contribution in [0, 0.1) is 5.41 Å². The fourth-order valence-electron chi connectivity index (χ4n) is 5.32. The molecule has 0 radical (unpaired) electrons. The molecule has 2 atom stereocenters. The highest BCUT2D eigenvalue weighted by molar-refractivity contribution is 6.17. The van der Waals surface area contributed by atoms with Crippen molar-refractivity contribution in [2.45, 2.75) is 50.4 Å². The Morgan fingerprint density at radius 1 is 1.07 bits per heavy atom. The maximum atomic E-state index is 13.0. The number of nitrogens with one attached hydrogen (secondary N) is 4. The van der Waals surface area contributed by atoms with Crippen molar-refractivity contribution in [1.29, 1.82) is 5.41 Å². The number of rotatable bonds is 4. The van der Waals surface area contributed by atoms with Gasteiger partial charge in [0.2, 0.25) is 5.91 Å². The third kappa shape index (κ3) is 7.40. The lowest BCUT2D eigenvalue weighted by Crippen LogP contribution is -2.43. The Kier molecular flexibility index (Phi) is 9.23. The van der Waals surface area contributed by atoms with Crippen LogP contribution in [0.1, 0.15) is 64.7 Å². The number of nitrogen functional groups attached to an aromatic ring is 1. The maximum Gasteiger partial charge on any atom is 0.416 e. The van der Waals surface area contributed by atoms with E-state index in [1.165, 1.54) is 12.1 Å². The summed E-state index contributed by atoms with van der Waals surface area (Å²) in [6, 6.07) is 7.66.